The Hall–Kier alpha value is -2.19. The second kappa shape index (κ2) is 8.67. The maximum atomic E-state index is 12.9. The van der Waals surface area contributed by atoms with E-state index in [9.17, 15) is 9.59 Å². The molecular formula is C21H29N5O2S. The summed E-state index contributed by atoms with van der Waals surface area (Å²) in [5.41, 5.74) is 0.369. The third kappa shape index (κ3) is 4.23. The highest BCUT2D eigenvalue weighted by molar-refractivity contribution is 7.16. The normalized spacial score (nSPS) is 17.9. The predicted octanol–water partition coefficient (Wildman–Crippen LogP) is 2.51. The molecule has 0 aliphatic carbocycles. The van der Waals surface area contributed by atoms with Gasteiger partial charge >= 0.3 is 0 Å². The highest BCUT2D eigenvalue weighted by Gasteiger charge is 2.17. The first kappa shape index (κ1) is 20.1. The van der Waals surface area contributed by atoms with Gasteiger partial charge in [-0.2, -0.15) is 5.10 Å². The lowest BCUT2D eigenvalue weighted by Gasteiger charge is -2.30. The van der Waals surface area contributed by atoms with E-state index in [-0.39, 0.29) is 18.0 Å². The summed E-state index contributed by atoms with van der Waals surface area (Å²) >= 11 is 1.60. The van der Waals surface area contributed by atoms with Gasteiger partial charge in [0, 0.05) is 24.9 Å². The average Bonchev–Trinajstić information content (AvgIpc) is 3.29. The number of fused-ring (bicyclic) bond motifs is 3. The maximum Gasteiger partial charge on any atom is 0.291 e. The summed E-state index contributed by atoms with van der Waals surface area (Å²) in [6.45, 7) is 8.22. The number of carbonyl (C=O) groups excluding carboxylic acids is 1. The molecule has 1 aliphatic heterocycles. The van der Waals surface area contributed by atoms with Crippen LogP contribution in [0.15, 0.2) is 22.3 Å². The highest BCUT2D eigenvalue weighted by Crippen LogP contribution is 2.24. The molecule has 1 amide bonds. The maximum absolute atomic E-state index is 12.9. The van der Waals surface area contributed by atoms with Crippen molar-refractivity contribution < 1.29 is 4.79 Å². The highest BCUT2D eigenvalue weighted by atomic mass is 32.1. The second-order valence-electron chi connectivity index (χ2n) is 8.03. The van der Waals surface area contributed by atoms with Crippen molar-refractivity contribution in [3.8, 4) is 0 Å². The lowest BCUT2D eigenvalue weighted by molar-refractivity contribution is -0.121. The van der Waals surface area contributed by atoms with E-state index < -0.39 is 0 Å². The van der Waals surface area contributed by atoms with E-state index in [1.165, 1.54) is 17.5 Å². The third-order valence-corrected chi connectivity index (χ3v) is 6.60. The predicted molar refractivity (Wildman–Crippen MR) is 117 cm³/mol. The molecule has 0 radical (unpaired) electrons. The number of carbonyl (C=O) groups is 1. The number of aromatic nitrogens is 3. The zero-order chi connectivity index (χ0) is 20.4. The van der Waals surface area contributed by atoms with Crippen LogP contribution in [0.3, 0.4) is 0 Å². The van der Waals surface area contributed by atoms with E-state index in [1.54, 1.807) is 11.3 Å². The molecule has 1 saturated heterocycles. The molecule has 1 unspecified atom stereocenters. The minimum absolute atomic E-state index is 0.0398. The van der Waals surface area contributed by atoms with Crippen molar-refractivity contribution in [2.45, 2.75) is 46.1 Å². The molecule has 8 heteroatoms. The number of piperidine rings is 1. The fraction of sp³-hybridized carbons (Fsp3) is 0.571. The molecule has 4 heterocycles. The Labute approximate surface area is 174 Å². The van der Waals surface area contributed by atoms with Gasteiger partial charge in [0.25, 0.3) is 5.56 Å². The first-order valence-electron chi connectivity index (χ1n) is 10.5. The number of hydrogen-bond donors (Lipinski definition) is 1. The Morgan fingerprint density at radius 3 is 3.07 bits per heavy atom. The summed E-state index contributed by atoms with van der Waals surface area (Å²) in [5.74, 6) is 1.40. The number of aryl methyl sites for hydroxylation is 1. The number of amides is 1. The largest absolute Gasteiger partial charge is 0.354 e. The summed E-state index contributed by atoms with van der Waals surface area (Å²) in [7, 11) is 0. The van der Waals surface area contributed by atoms with E-state index in [2.05, 4.69) is 22.2 Å². The molecule has 1 atom stereocenters. The molecule has 156 valence electrons. The minimum atomic E-state index is -0.219. The third-order valence-electron chi connectivity index (χ3n) is 5.68. The van der Waals surface area contributed by atoms with Crippen molar-refractivity contribution in [1.29, 1.82) is 0 Å². The summed E-state index contributed by atoms with van der Waals surface area (Å²) in [6.07, 6.45) is 4.20. The van der Waals surface area contributed by atoms with Gasteiger partial charge in [-0.3, -0.25) is 14.0 Å². The lowest BCUT2D eigenvalue weighted by atomic mass is 10.0. The summed E-state index contributed by atoms with van der Waals surface area (Å²) < 4.78 is 3.23. The van der Waals surface area contributed by atoms with Gasteiger partial charge in [0.2, 0.25) is 5.91 Å². The lowest BCUT2D eigenvalue weighted by Crippen LogP contribution is -2.38. The molecule has 3 aromatic heterocycles. The van der Waals surface area contributed by atoms with Crippen molar-refractivity contribution >= 4 is 33.0 Å². The summed E-state index contributed by atoms with van der Waals surface area (Å²) in [4.78, 5) is 28.8. The van der Waals surface area contributed by atoms with Crippen molar-refractivity contribution in [2.24, 2.45) is 5.92 Å². The number of thiophene rings is 1. The van der Waals surface area contributed by atoms with Crippen LogP contribution in [0.25, 0.3) is 15.7 Å². The minimum Gasteiger partial charge on any atom is -0.354 e. The Balaban J connectivity index is 1.39. The van der Waals surface area contributed by atoms with Crippen LogP contribution in [0, 0.1) is 5.92 Å². The van der Waals surface area contributed by atoms with Gasteiger partial charge in [0.15, 0.2) is 0 Å². The standard InChI is InChI=1S/C21H29N5O2S/c1-3-18-23-25(20(28)17-12-16-7-11-29-21(16)26(17)18)14-19(27)22-8-5-10-24-9-4-6-15(2)13-24/h7,11-12,15H,3-6,8-10,13-14H2,1-2H3,(H,22,27). The molecule has 7 nitrogen and oxygen atoms in total. The Bertz CT molecular complexity index is 1070. The molecular weight excluding hydrogens is 386 g/mol. The van der Waals surface area contributed by atoms with Crippen molar-refractivity contribution in [2.75, 3.05) is 26.2 Å². The van der Waals surface area contributed by atoms with E-state index in [0.29, 0.717) is 18.5 Å². The van der Waals surface area contributed by atoms with Gasteiger partial charge in [0.05, 0.1) is 0 Å². The fourth-order valence-corrected chi connectivity index (χ4v) is 5.16. The topological polar surface area (TPSA) is 71.6 Å². The SMILES string of the molecule is CCc1nn(CC(=O)NCCCN2CCCC(C)C2)c(=O)c2cc3ccsc3n12. The van der Waals surface area contributed by atoms with E-state index in [0.717, 1.165) is 48.0 Å². The first-order chi connectivity index (χ1) is 14.1. The molecule has 1 N–H and O–H groups in total. The molecule has 0 saturated carbocycles. The quantitative estimate of drug-likeness (QED) is 0.602. The molecule has 1 aliphatic rings. The van der Waals surface area contributed by atoms with Crippen LogP contribution in [-0.4, -0.2) is 51.2 Å². The van der Waals surface area contributed by atoms with Crippen molar-refractivity contribution in [1.82, 2.24) is 24.4 Å². The molecule has 29 heavy (non-hydrogen) atoms. The van der Waals surface area contributed by atoms with E-state index >= 15 is 0 Å². The van der Waals surface area contributed by atoms with Crippen LogP contribution < -0.4 is 10.9 Å². The van der Waals surface area contributed by atoms with Crippen molar-refractivity contribution in [3.05, 3.63) is 33.7 Å². The number of nitrogens with one attached hydrogen (secondary N) is 1. The van der Waals surface area contributed by atoms with Gasteiger partial charge in [-0.25, -0.2) is 4.68 Å². The molecule has 1 fully saturated rings. The van der Waals surface area contributed by atoms with E-state index in [1.807, 2.05) is 28.8 Å². The Morgan fingerprint density at radius 2 is 2.28 bits per heavy atom. The smallest absolute Gasteiger partial charge is 0.291 e. The Kier molecular flexibility index (Phi) is 6.01. The molecule has 0 spiro atoms. The molecule has 3 aromatic rings. The zero-order valence-electron chi connectivity index (χ0n) is 17.2. The van der Waals surface area contributed by atoms with Crippen LogP contribution in [0.4, 0.5) is 0 Å². The van der Waals surface area contributed by atoms with Gasteiger partial charge in [-0.1, -0.05) is 13.8 Å². The van der Waals surface area contributed by atoms with Gasteiger partial charge < -0.3 is 10.2 Å². The molecule has 4 rings (SSSR count). The second-order valence-corrected chi connectivity index (χ2v) is 8.92. The van der Waals surface area contributed by atoms with Crippen LogP contribution in [-0.2, 0) is 17.8 Å². The molecule has 0 bridgehead atoms. The van der Waals surface area contributed by atoms with Crippen molar-refractivity contribution in [3.63, 3.8) is 0 Å². The van der Waals surface area contributed by atoms with Gasteiger partial charge in [0.1, 0.15) is 22.7 Å². The van der Waals surface area contributed by atoms with E-state index in [4.69, 9.17) is 0 Å². The number of likely N-dealkylation sites (tertiary alicyclic amines) is 1. The van der Waals surface area contributed by atoms with Crippen LogP contribution in [0.5, 0.6) is 0 Å². The van der Waals surface area contributed by atoms with Crippen LogP contribution in [0.2, 0.25) is 0 Å². The monoisotopic (exact) mass is 415 g/mol. The summed E-state index contributed by atoms with van der Waals surface area (Å²) in [5, 5.41) is 10.5. The van der Waals surface area contributed by atoms with Gasteiger partial charge in [-0.05, 0) is 55.8 Å². The van der Waals surface area contributed by atoms with Gasteiger partial charge in [-0.15, -0.1) is 11.3 Å². The molecule has 0 aromatic carbocycles. The first-order valence-corrected chi connectivity index (χ1v) is 11.4. The number of rotatable bonds is 7. The van der Waals surface area contributed by atoms with Crippen LogP contribution in [0.1, 0.15) is 38.9 Å². The number of nitrogens with zero attached hydrogens (tertiary/aromatic N) is 4. The summed E-state index contributed by atoms with van der Waals surface area (Å²) in [6, 6.07) is 3.90. The number of hydrogen-bond acceptors (Lipinski definition) is 5. The Morgan fingerprint density at radius 1 is 1.41 bits per heavy atom. The zero-order valence-corrected chi connectivity index (χ0v) is 18.0. The fourth-order valence-electron chi connectivity index (χ4n) is 4.25. The average molecular weight is 416 g/mol. The van der Waals surface area contributed by atoms with Crippen LogP contribution >= 0.6 is 11.3 Å².